The Balaban J connectivity index is 2.20. The number of urea groups is 1. The molecule has 0 aromatic carbocycles. The van der Waals surface area contributed by atoms with Gasteiger partial charge in [0.05, 0.1) is 0 Å². The van der Waals surface area contributed by atoms with E-state index in [0.29, 0.717) is 5.82 Å². The molecule has 0 radical (unpaired) electrons. The highest BCUT2D eigenvalue weighted by molar-refractivity contribution is 5.99. The first-order chi connectivity index (χ1) is 6.77. The standard InChI is InChI=1S/C8H8N4O2/c13-7-5(4-11-8(14)12-7)6-9-2-1-3-10-6/h1-3,5H,4H2,(H2,11,12,13,14). The highest BCUT2D eigenvalue weighted by Crippen LogP contribution is 2.11. The first-order valence-corrected chi connectivity index (χ1v) is 4.13. The van der Waals surface area contributed by atoms with Crippen LogP contribution in [0, 0.1) is 0 Å². The second kappa shape index (κ2) is 3.41. The van der Waals surface area contributed by atoms with E-state index in [2.05, 4.69) is 20.6 Å². The highest BCUT2D eigenvalue weighted by atomic mass is 16.2. The Morgan fingerprint density at radius 2 is 2.00 bits per heavy atom. The molecule has 1 aromatic rings. The number of hydrogen-bond donors (Lipinski definition) is 2. The van der Waals surface area contributed by atoms with Crippen molar-refractivity contribution in [1.29, 1.82) is 0 Å². The number of hydrogen-bond acceptors (Lipinski definition) is 4. The van der Waals surface area contributed by atoms with Crippen molar-refractivity contribution >= 4 is 11.9 Å². The fraction of sp³-hybridized carbons (Fsp3) is 0.250. The Morgan fingerprint density at radius 3 is 2.64 bits per heavy atom. The highest BCUT2D eigenvalue weighted by Gasteiger charge is 2.29. The van der Waals surface area contributed by atoms with E-state index in [-0.39, 0.29) is 12.5 Å². The summed E-state index contributed by atoms with van der Waals surface area (Å²) in [7, 11) is 0. The van der Waals surface area contributed by atoms with E-state index in [0.717, 1.165) is 0 Å². The van der Waals surface area contributed by atoms with Gasteiger partial charge in [-0.05, 0) is 6.07 Å². The lowest BCUT2D eigenvalue weighted by Crippen LogP contribution is -2.51. The minimum Gasteiger partial charge on any atom is -0.337 e. The molecule has 1 fully saturated rings. The number of carbonyl (C=O) groups is 2. The van der Waals surface area contributed by atoms with Crippen LogP contribution >= 0.6 is 0 Å². The third-order valence-corrected chi connectivity index (χ3v) is 1.92. The van der Waals surface area contributed by atoms with Crippen molar-refractivity contribution in [3.05, 3.63) is 24.3 Å². The zero-order valence-electron chi connectivity index (χ0n) is 7.23. The van der Waals surface area contributed by atoms with Crippen LogP contribution in [-0.2, 0) is 4.79 Å². The molecule has 2 rings (SSSR count). The van der Waals surface area contributed by atoms with Gasteiger partial charge in [-0.3, -0.25) is 10.1 Å². The monoisotopic (exact) mass is 192 g/mol. The first-order valence-electron chi connectivity index (χ1n) is 4.13. The van der Waals surface area contributed by atoms with Gasteiger partial charge in [0.15, 0.2) is 0 Å². The Morgan fingerprint density at radius 1 is 1.29 bits per heavy atom. The molecule has 3 amide bonds. The molecule has 0 saturated carbocycles. The average molecular weight is 192 g/mol. The molecule has 1 aliphatic heterocycles. The minimum atomic E-state index is -0.492. The van der Waals surface area contributed by atoms with Crippen LogP contribution < -0.4 is 10.6 Å². The van der Waals surface area contributed by atoms with Gasteiger partial charge >= 0.3 is 6.03 Å². The average Bonchev–Trinajstić information content (AvgIpc) is 2.19. The smallest absolute Gasteiger partial charge is 0.321 e. The number of carbonyl (C=O) groups excluding carboxylic acids is 2. The fourth-order valence-corrected chi connectivity index (χ4v) is 1.23. The van der Waals surface area contributed by atoms with Crippen molar-refractivity contribution < 1.29 is 9.59 Å². The van der Waals surface area contributed by atoms with Crippen LogP contribution in [0.25, 0.3) is 0 Å². The lowest BCUT2D eigenvalue weighted by Gasteiger charge is -2.20. The normalized spacial score (nSPS) is 21.3. The van der Waals surface area contributed by atoms with Gasteiger partial charge in [-0.2, -0.15) is 0 Å². The van der Waals surface area contributed by atoms with Crippen LogP contribution in [0.3, 0.4) is 0 Å². The summed E-state index contributed by atoms with van der Waals surface area (Å²) >= 11 is 0. The Kier molecular flexibility index (Phi) is 2.10. The topological polar surface area (TPSA) is 84.0 Å². The molecule has 1 aliphatic rings. The summed E-state index contributed by atoms with van der Waals surface area (Å²) in [6, 6.07) is 1.20. The van der Waals surface area contributed by atoms with E-state index in [4.69, 9.17) is 0 Å². The molecule has 0 bridgehead atoms. The fourth-order valence-electron chi connectivity index (χ4n) is 1.23. The summed E-state index contributed by atoms with van der Waals surface area (Å²) in [5.74, 6) is -0.432. The number of aromatic nitrogens is 2. The second-order valence-corrected chi connectivity index (χ2v) is 2.86. The zero-order valence-corrected chi connectivity index (χ0v) is 7.23. The number of amides is 3. The molecule has 0 spiro atoms. The molecule has 14 heavy (non-hydrogen) atoms. The van der Waals surface area contributed by atoms with Crippen LogP contribution in [0.4, 0.5) is 4.79 Å². The quantitative estimate of drug-likeness (QED) is 0.622. The van der Waals surface area contributed by atoms with Gasteiger partial charge in [0.1, 0.15) is 11.7 Å². The lowest BCUT2D eigenvalue weighted by atomic mass is 10.1. The van der Waals surface area contributed by atoms with Gasteiger partial charge < -0.3 is 5.32 Å². The van der Waals surface area contributed by atoms with Crippen molar-refractivity contribution in [3.8, 4) is 0 Å². The SMILES string of the molecule is O=C1NCC(c2ncccn2)C(=O)N1. The summed E-state index contributed by atoms with van der Waals surface area (Å²) < 4.78 is 0. The second-order valence-electron chi connectivity index (χ2n) is 2.86. The molecule has 0 aliphatic carbocycles. The summed E-state index contributed by atoms with van der Waals surface area (Å²) in [6.07, 6.45) is 3.12. The van der Waals surface area contributed by atoms with Crippen molar-refractivity contribution in [2.75, 3.05) is 6.54 Å². The third-order valence-electron chi connectivity index (χ3n) is 1.92. The molecule has 72 valence electrons. The van der Waals surface area contributed by atoms with E-state index < -0.39 is 11.9 Å². The molecule has 1 saturated heterocycles. The molecule has 2 heterocycles. The van der Waals surface area contributed by atoms with Crippen molar-refractivity contribution in [2.24, 2.45) is 0 Å². The van der Waals surface area contributed by atoms with E-state index in [1.807, 2.05) is 0 Å². The summed E-state index contributed by atoms with van der Waals surface area (Å²) in [4.78, 5) is 30.0. The molecule has 1 unspecified atom stereocenters. The minimum absolute atomic E-state index is 0.245. The molecule has 6 heteroatoms. The zero-order chi connectivity index (χ0) is 9.97. The maximum Gasteiger partial charge on any atom is 0.321 e. The van der Waals surface area contributed by atoms with Gasteiger partial charge in [0, 0.05) is 18.9 Å². The molecular weight excluding hydrogens is 184 g/mol. The van der Waals surface area contributed by atoms with E-state index >= 15 is 0 Å². The van der Waals surface area contributed by atoms with Gasteiger partial charge in [0.25, 0.3) is 0 Å². The van der Waals surface area contributed by atoms with Gasteiger partial charge in [-0.25, -0.2) is 14.8 Å². The maximum absolute atomic E-state index is 11.4. The largest absolute Gasteiger partial charge is 0.337 e. The predicted molar refractivity (Wildman–Crippen MR) is 46.3 cm³/mol. The molecule has 1 atom stereocenters. The molecule has 1 aromatic heterocycles. The molecule has 2 N–H and O–H groups in total. The third kappa shape index (κ3) is 1.54. The van der Waals surface area contributed by atoms with Crippen molar-refractivity contribution in [1.82, 2.24) is 20.6 Å². The number of nitrogens with zero attached hydrogens (tertiary/aromatic N) is 2. The summed E-state index contributed by atoms with van der Waals surface area (Å²) in [5, 5.41) is 4.67. The van der Waals surface area contributed by atoms with Gasteiger partial charge in [-0.1, -0.05) is 0 Å². The summed E-state index contributed by atoms with van der Waals surface area (Å²) in [6.45, 7) is 0.245. The van der Waals surface area contributed by atoms with E-state index in [9.17, 15) is 9.59 Å². The van der Waals surface area contributed by atoms with E-state index in [1.165, 1.54) is 0 Å². The first kappa shape index (κ1) is 8.61. The Bertz CT molecular complexity index is 365. The van der Waals surface area contributed by atoms with E-state index in [1.54, 1.807) is 18.5 Å². The number of nitrogens with one attached hydrogen (secondary N) is 2. The Hall–Kier alpha value is -1.98. The molecule has 6 nitrogen and oxygen atoms in total. The van der Waals surface area contributed by atoms with Crippen LogP contribution in [0.5, 0.6) is 0 Å². The number of rotatable bonds is 1. The van der Waals surface area contributed by atoms with Crippen LogP contribution in [0.15, 0.2) is 18.5 Å². The van der Waals surface area contributed by atoms with Crippen LogP contribution in [0.1, 0.15) is 11.7 Å². The Labute approximate surface area is 79.7 Å². The molecular formula is C8H8N4O2. The number of imide groups is 1. The maximum atomic E-state index is 11.4. The van der Waals surface area contributed by atoms with Crippen molar-refractivity contribution in [2.45, 2.75) is 5.92 Å². The van der Waals surface area contributed by atoms with Crippen LogP contribution in [0.2, 0.25) is 0 Å². The lowest BCUT2D eigenvalue weighted by molar-refractivity contribution is -0.122. The van der Waals surface area contributed by atoms with Gasteiger partial charge in [-0.15, -0.1) is 0 Å². The van der Waals surface area contributed by atoms with Crippen LogP contribution in [-0.4, -0.2) is 28.5 Å². The summed E-state index contributed by atoms with van der Waals surface area (Å²) in [5.41, 5.74) is 0. The van der Waals surface area contributed by atoms with Gasteiger partial charge in [0.2, 0.25) is 5.91 Å². The van der Waals surface area contributed by atoms with Crippen molar-refractivity contribution in [3.63, 3.8) is 0 Å². The predicted octanol–water partition coefficient (Wildman–Crippen LogP) is -0.600.